The topological polar surface area (TPSA) is 200 Å². The molecule has 0 aliphatic carbocycles. The average Bonchev–Trinajstić information content (AvgIpc) is 3.60. The van der Waals surface area contributed by atoms with Gasteiger partial charge in [-0.15, -0.1) is 0 Å². The second kappa shape index (κ2) is 21.1. The van der Waals surface area contributed by atoms with E-state index in [-0.39, 0.29) is 71.5 Å². The Kier molecular flexibility index (Phi) is 16.8. The molecule has 0 bridgehead atoms. The highest BCUT2D eigenvalue weighted by Crippen LogP contribution is 2.28. The molecule has 0 spiro atoms. The number of anilines is 1. The summed E-state index contributed by atoms with van der Waals surface area (Å²) >= 11 is 28.7. The standard InChI is InChI=1S/C24H25ClFN5O3.C10H12Cl2N2O2.C6H3Cl2NO2/c1-13-11-31(14(2)10-30(13)12-15-4-6-16(26)7-5-15)24(34)21-18(25)8-19-20(29-21)17(9-28-19)22(32)23(33)27-3;1-10(2,3)16-9(15)14-6-4-7(11)8(12)13-5-6;7-4-1-3(6(10)11)2-9-5(4)8/h4-9,13-14,28H,10-12H2,1-3H3,(H,27,33);4-5H,1-3H3,(H,14,15);1-2H,(H,10,11)/t13-,14+;;/m0../s1. The number of pyridine rings is 3. The van der Waals surface area contributed by atoms with Gasteiger partial charge in [0.15, 0.2) is 0 Å². The molecule has 5 heterocycles. The van der Waals surface area contributed by atoms with E-state index in [2.05, 4.69) is 35.5 Å². The van der Waals surface area contributed by atoms with Crippen molar-refractivity contribution >= 4 is 104 Å². The monoisotopic (exact) mass is 938 g/mol. The Hall–Kier alpha value is -5.10. The third-order valence-electron chi connectivity index (χ3n) is 8.64. The number of aromatic carboxylic acids is 1. The summed E-state index contributed by atoms with van der Waals surface area (Å²) in [6.07, 6.45) is 3.38. The van der Waals surface area contributed by atoms with Crippen LogP contribution in [0.4, 0.5) is 14.9 Å². The lowest BCUT2D eigenvalue weighted by atomic mass is 10.1. The van der Waals surface area contributed by atoms with E-state index in [0.717, 1.165) is 11.8 Å². The lowest BCUT2D eigenvalue weighted by Crippen LogP contribution is -2.57. The summed E-state index contributed by atoms with van der Waals surface area (Å²) in [5, 5.41) is 14.1. The van der Waals surface area contributed by atoms with Crippen LogP contribution in [0.25, 0.3) is 11.0 Å². The zero-order valence-corrected chi connectivity index (χ0v) is 37.2. The third kappa shape index (κ3) is 13.4. The van der Waals surface area contributed by atoms with Crippen molar-refractivity contribution in [3.63, 3.8) is 0 Å². The molecule has 0 radical (unpaired) electrons. The predicted molar refractivity (Wildman–Crippen MR) is 232 cm³/mol. The molecule has 21 heteroatoms. The molecule has 0 saturated carbocycles. The summed E-state index contributed by atoms with van der Waals surface area (Å²) in [6.45, 7) is 11.0. The number of piperazine rings is 1. The van der Waals surface area contributed by atoms with Crippen LogP contribution in [0.15, 0.2) is 61.1 Å². The van der Waals surface area contributed by atoms with Gasteiger partial charge in [-0.25, -0.2) is 28.9 Å². The highest BCUT2D eigenvalue weighted by molar-refractivity contribution is 6.45. The molecule has 1 aromatic carbocycles. The Morgan fingerprint density at radius 2 is 1.52 bits per heavy atom. The number of carbonyl (C=O) groups is 5. The molecule has 3 amide bonds. The molecule has 1 saturated heterocycles. The Bertz CT molecular complexity index is 2430. The number of hydrogen-bond acceptors (Lipinski definition) is 10. The highest BCUT2D eigenvalue weighted by atomic mass is 35.5. The molecule has 0 unspecified atom stereocenters. The maximum Gasteiger partial charge on any atom is 0.412 e. The number of hydrogen-bond donors (Lipinski definition) is 4. The minimum absolute atomic E-state index is 0.0272. The zero-order valence-electron chi connectivity index (χ0n) is 33.5. The van der Waals surface area contributed by atoms with Gasteiger partial charge in [-0.05, 0) is 70.5 Å². The number of amides is 3. The lowest BCUT2D eigenvalue weighted by molar-refractivity contribution is -0.116. The number of nitrogens with zero attached hydrogens (tertiary/aromatic N) is 5. The number of aromatic nitrogens is 4. The molecule has 6 rings (SSSR count). The number of carboxylic acid groups (broad SMARTS) is 1. The van der Waals surface area contributed by atoms with Gasteiger partial charge in [0.25, 0.3) is 17.6 Å². The first-order valence-corrected chi connectivity index (χ1v) is 20.1. The van der Waals surface area contributed by atoms with E-state index < -0.39 is 29.4 Å². The molecular formula is C40H40Cl5FN8O7. The van der Waals surface area contributed by atoms with Gasteiger partial charge in [-0.1, -0.05) is 70.1 Å². The average molecular weight is 941 g/mol. The van der Waals surface area contributed by atoms with Crippen molar-refractivity contribution in [3.8, 4) is 0 Å². The van der Waals surface area contributed by atoms with E-state index in [1.54, 1.807) is 37.8 Å². The van der Waals surface area contributed by atoms with Gasteiger partial charge in [-0.2, -0.15) is 0 Å². The van der Waals surface area contributed by atoms with E-state index in [1.807, 2.05) is 13.8 Å². The molecular weight excluding hydrogens is 901 g/mol. The second-order valence-corrected chi connectivity index (χ2v) is 16.4. The maximum absolute atomic E-state index is 13.5. The number of rotatable bonds is 7. The molecule has 324 valence electrons. The van der Waals surface area contributed by atoms with Crippen molar-refractivity contribution in [1.82, 2.24) is 35.1 Å². The number of ketones is 1. The summed E-state index contributed by atoms with van der Waals surface area (Å²) in [5.74, 6) is -3.21. The van der Waals surface area contributed by atoms with Crippen LogP contribution in [0.5, 0.6) is 0 Å². The van der Waals surface area contributed by atoms with E-state index in [1.165, 1.54) is 49.8 Å². The predicted octanol–water partition coefficient (Wildman–Crippen LogP) is 8.84. The van der Waals surface area contributed by atoms with Crippen molar-refractivity contribution < 1.29 is 38.2 Å². The fourth-order valence-corrected chi connectivity index (χ4v) is 6.46. The van der Waals surface area contributed by atoms with Crippen LogP contribution < -0.4 is 10.6 Å². The van der Waals surface area contributed by atoms with Crippen molar-refractivity contribution in [2.45, 2.75) is 58.8 Å². The molecule has 1 aliphatic rings. The first kappa shape index (κ1) is 48.6. The van der Waals surface area contributed by atoms with Crippen LogP contribution in [0, 0.1) is 5.82 Å². The Morgan fingerprint density at radius 1 is 0.902 bits per heavy atom. The number of ether oxygens (including phenoxy) is 1. The number of halogens is 6. The SMILES string of the molecule is CC(C)(C)OC(=O)Nc1cnc(Cl)c(Cl)c1.CNC(=O)C(=O)c1c[nH]c2cc(Cl)c(C(=O)N3C[C@H](C)N(Cc4ccc(F)cc4)C[C@H]3C)nc12.O=C(O)c1cnc(Cl)c(Cl)c1. The minimum Gasteiger partial charge on any atom is -0.478 e. The van der Waals surface area contributed by atoms with Crippen LogP contribution in [-0.2, 0) is 16.1 Å². The number of nitrogens with one attached hydrogen (secondary N) is 3. The van der Waals surface area contributed by atoms with Crippen LogP contribution in [0.2, 0.25) is 25.4 Å². The van der Waals surface area contributed by atoms with Crippen LogP contribution in [0.1, 0.15) is 71.4 Å². The van der Waals surface area contributed by atoms with Crippen LogP contribution in [0.3, 0.4) is 0 Å². The van der Waals surface area contributed by atoms with Gasteiger partial charge < -0.3 is 25.0 Å². The zero-order chi connectivity index (χ0) is 45.3. The summed E-state index contributed by atoms with van der Waals surface area (Å²) in [6, 6.07) is 10.6. The smallest absolute Gasteiger partial charge is 0.412 e. The number of aromatic amines is 1. The fraction of sp³-hybridized carbons (Fsp3) is 0.300. The molecule has 1 fully saturated rings. The normalized spacial score (nSPS) is 15.1. The number of fused-ring (bicyclic) bond motifs is 1. The molecule has 15 nitrogen and oxygen atoms in total. The molecule has 2 atom stereocenters. The second-order valence-electron chi connectivity index (χ2n) is 14.5. The van der Waals surface area contributed by atoms with Gasteiger partial charge in [0.1, 0.15) is 32.9 Å². The number of H-pyrrole nitrogens is 1. The molecule has 4 aromatic heterocycles. The van der Waals surface area contributed by atoms with Crippen molar-refractivity contribution in [3.05, 3.63) is 115 Å². The van der Waals surface area contributed by atoms with Crippen molar-refractivity contribution in [1.29, 1.82) is 0 Å². The van der Waals surface area contributed by atoms with Crippen molar-refractivity contribution in [2.75, 3.05) is 25.5 Å². The first-order valence-electron chi connectivity index (χ1n) is 18.2. The van der Waals surface area contributed by atoms with E-state index in [4.69, 9.17) is 67.8 Å². The molecule has 4 N–H and O–H groups in total. The number of benzene rings is 1. The number of likely N-dealkylation sites (N-methyl/N-ethyl adjacent to an activating group) is 1. The highest BCUT2D eigenvalue weighted by Gasteiger charge is 2.34. The fourth-order valence-electron chi connectivity index (χ4n) is 5.69. The summed E-state index contributed by atoms with van der Waals surface area (Å²) in [5.41, 5.74) is 1.69. The number of carboxylic acids is 1. The van der Waals surface area contributed by atoms with Gasteiger partial charge in [0.2, 0.25) is 0 Å². The Morgan fingerprint density at radius 3 is 2.10 bits per heavy atom. The van der Waals surface area contributed by atoms with Gasteiger partial charge in [0, 0.05) is 51.2 Å². The Balaban J connectivity index is 0.000000249. The van der Waals surface area contributed by atoms with Crippen LogP contribution in [-0.4, -0.2) is 102 Å². The lowest BCUT2D eigenvalue weighted by Gasteiger charge is -2.44. The molecule has 5 aromatic rings. The third-order valence-corrected chi connectivity index (χ3v) is 10.3. The van der Waals surface area contributed by atoms with E-state index in [9.17, 15) is 28.4 Å². The summed E-state index contributed by atoms with van der Waals surface area (Å²) in [7, 11) is 1.37. The van der Waals surface area contributed by atoms with E-state index in [0.29, 0.717) is 30.8 Å². The number of carbonyl (C=O) groups excluding carboxylic acids is 4. The van der Waals surface area contributed by atoms with Gasteiger partial charge in [-0.3, -0.25) is 24.6 Å². The quantitative estimate of drug-likeness (QED) is 0.0691. The first-order chi connectivity index (χ1) is 28.6. The molecule has 1 aliphatic heterocycles. The van der Waals surface area contributed by atoms with Gasteiger partial charge in [0.05, 0.1) is 43.6 Å². The van der Waals surface area contributed by atoms with Crippen LogP contribution >= 0.6 is 58.0 Å². The minimum atomic E-state index is -1.07. The molecule has 61 heavy (non-hydrogen) atoms. The van der Waals surface area contributed by atoms with Crippen molar-refractivity contribution in [2.24, 2.45) is 0 Å². The van der Waals surface area contributed by atoms with Gasteiger partial charge >= 0.3 is 12.1 Å². The number of Topliss-reactive ketones (excluding diaryl/α,β-unsaturated/α-hetero) is 1. The summed E-state index contributed by atoms with van der Waals surface area (Å²) in [4.78, 5) is 78.0. The van der Waals surface area contributed by atoms with E-state index >= 15 is 0 Å². The Labute approximate surface area is 374 Å². The maximum atomic E-state index is 13.5. The summed E-state index contributed by atoms with van der Waals surface area (Å²) < 4.78 is 18.3. The largest absolute Gasteiger partial charge is 0.478 e.